The second kappa shape index (κ2) is 11.0. The van der Waals surface area contributed by atoms with Crippen molar-refractivity contribution in [2.75, 3.05) is 32.7 Å². The summed E-state index contributed by atoms with van der Waals surface area (Å²) in [6.45, 7) is 6.87. The summed E-state index contributed by atoms with van der Waals surface area (Å²) in [4.78, 5) is 32.9. The molecule has 30 heavy (non-hydrogen) atoms. The topological polar surface area (TPSA) is 91.0 Å². The molecule has 1 aromatic rings. The van der Waals surface area contributed by atoms with Gasteiger partial charge in [-0.05, 0) is 62.6 Å². The number of aliphatic imine (C=N–C) groups is 1. The Balaban J connectivity index is 1.61. The van der Waals surface area contributed by atoms with Crippen molar-refractivity contribution in [3.8, 4) is 0 Å². The molecule has 7 nitrogen and oxygen atoms in total. The standard InChI is InChI=1S/C23H35N5O2/c1-2-25-23(28-14-6-7-19(17-28)15-21(24)29)26-16-18-8-10-20(11-9-18)22(30)27-12-4-3-5-13-27/h8-11,19H,2-7,12-17H2,1H3,(H2,24,29)(H,25,26). The number of nitrogens with two attached hydrogens (primary N) is 1. The first-order valence-corrected chi connectivity index (χ1v) is 11.3. The Morgan fingerprint density at radius 3 is 2.43 bits per heavy atom. The molecule has 2 amide bonds. The molecule has 3 rings (SSSR count). The van der Waals surface area contributed by atoms with Crippen molar-refractivity contribution in [1.29, 1.82) is 0 Å². The smallest absolute Gasteiger partial charge is 0.253 e. The number of guanidine groups is 1. The Hall–Kier alpha value is -2.57. The van der Waals surface area contributed by atoms with Crippen LogP contribution in [-0.2, 0) is 11.3 Å². The lowest BCUT2D eigenvalue weighted by atomic mass is 9.95. The highest BCUT2D eigenvalue weighted by molar-refractivity contribution is 5.94. The zero-order chi connectivity index (χ0) is 21.3. The fraction of sp³-hybridized carbons (Fsp3) is 0.609. The lowest BCUT2D eigenvalue weighted by Gasteiger charge is -2.34. The van der Waals surface area contributed by atoms with Crippen LogP contribution in [0.3, 0.4) is 0 Å². The Morgan fingerprint density at radius 2 is 1.77 bits per heavy atom. The Kier molecular flexibility index (Phi) is 8.11. The third kappa shape index (κ3) is 6.21. The molecule has 0 aliphatic carbocycles. The predicted molar refractivity (Wildman–Crippen MR) is 119 cm³/mol. The van der Waals surface area contributed by atoms with Crippen LogP contribution in [0.25, 0.3) is 0 Å². The van der Waals surface area contributed by atoms with Crippen molar-refractivity contribution < 1.29 is 9.59 Å². The number of carbonyl (C=O) groups is 2. The summed E-state index contributed by atoms with van der Waals surface area (Å²) >= 11 is 0. The fourth-order valence-corrected chi connectivity index (χ4v) is 4.33. The van der Waals surface area contributed by atoms with Gasteiger partial charge in [-0.15, -0.1) is 0 Å². The second-order valence-electron chi connectivity index (χ2n) is 8.34. The van der Waals surface area contributed by atoms with Gasteiger partial charge < -0.3 is 20.9 Å². The fourth-order valence-electron chi connectivity index (χ4n) is 4.33. The Bertz CT molecular complexity index is 740. The first-order chi connectivity index (χ1) is 14.6. The van der Waals surface area contributed by atoms with E-state index in [9.17, 15) is 9.59 Å². The second-order valence-corrected chi connectivity index (χ2v) is 8.34. The quantitative estimate of drug-likeness (QED) is 0.553. The van der Waals surface area contributed by atoms with Gasteiger partial charge in [0.1, 0.15) is 0 Å². The lowest BCUT2D eigenvalue weighted by molar-refractivity contribution is -0.119. The van der Waals surface area contributed by atoms with Gasteiger partial charge in [-0.1, -0.05) is 12.1 Å². The maximum Gasteiger partial charge on any atom is 0.253 e. The van der Waals surface area contributed by atoms with Gasteiger partial charge in [-0.3, -0.25) is 9.59 Å². The third-order valence-corrected chi connectivity index (χ3v) is 5.90. The van der Waals surface area contributed by atoms with E-state index in [1.165, 1.54) is 6.42 Å². The highest BCUT2D eigenvalue weighted by atomic mass is 16.2. The van der Waals surface area contributed by atoms with Crippen LogP contribution in [0, 0.1) is 5.92 Å². The first kappa shape index (κ1) is 22.1. The number of carbonyl (C=O) groups excluding carboxylic acids is 2. The molecule has 2 saturated heterocycles. The van der Waals surface area contributed by atoms with Crippen LogP contribution in [-0.4, -0.2) is 60.3 Å². The molecule has 7 heteroatoms. The van der Waals surface area contributed by atoms with E-state index in [0.717, 1.165) is 75.5 Å². The van der Waals surface area contributed by atoms with Crippen LogP contribution in [0.15, 0.2) is 29.3 Å². The molecule has 1 atom stereocenters. The summed E-state index contributed by atoms with van der Waals surface area (Å²) in [6.07, 6.45) is 5.92. The Labute approximate surface area is 179 Å². The highest BCUT2D eigenvalue weighted by Gasteiger charge is 2.23. The van der Waals surface area contributed by atoms with Crippen molar-refractivity contribution in [3.05, 3.63) is 35.4 Å². The third-order valence-electron chi connectivity index (χ3n) is 5.90. The number of benzene rings is 1. The SMILES string of the molecule is CCNC(=NCc1ccc(C(=O)N2CCCCC2)cc1)N1CCCC(CC(N)=O)C1. The van der Waals surface area contributed by atoms with Gasteiger partial charge in [0, 0.05) is 44.7 Å². The van der Waals surface area contributed by atoms with E-state index >= 15 is 0 Å². The summed E-state index contributed by atoms with van der Waals surface area (Å²) in [7, 11) is 0. The summed E-state index contributed by atoms with van der Waals surface area (Å²) < 4.78 is 0. The number of rotatable bonds is 6. The molecule has 0 bridgehead atoms. The van der Waals surface area contributed by atoms with Gasteiger partial charge in [-0.2, -0.15) is 0 Å². The van der Waals surface area contributed by atoms with Gasteiger partial charge in [0.05, 0.1) is 6.54 Å². The number of hydrogen-bond acceptors (Lipinski definition) is 3. The van der Waals surface area contributed by atoms with Gasteiger partial charge in [0.15, 0.2) is 5.96 Å². The van der Waals surface area contributed by atoms with E-state index in [0.29, 0.717) is 18.9 Å². The first-order valence-electron chi connectivity index (χ1n) is 11.3. The Morgan fingerprint density at radius 1 is 1.07 bits per heavy atom. The maximum absolute atomic E-state index is 12.6. The van der Waals surface area contributed by atoms with Crippen LogP contribution < -0.4 is 11.1 Å². The molecule has 0 saturated carbocycles. The van der Waals surface area contributed by atoms with E-state index in [4.69, 9.17) is 10.7 Å². The predicted octanol–water partition coefficient (Wildman–Crippen LogP) is 2.37. The number of nitrogens with zero attached hydrogens (tertiary/aromatic N) is 3. The molecular formula is C23H35N5O2. The van der Waals surface area contributed by atoms with Crippen molar-refractivity contribution in [2.24, 2.45) is 16.6 Å². The van der Waals surface area contributed by atoms with Crippen LogP contribution in [0.2, 0.25) is 0 Å². The molecule has 1 unspecified atom stereocenters. The zero-order valence-electron chi connectivity index (χ0n) is 18.1. The van der Waals surface area contributed by atoms with Crippen molar-refractivity contribution >= 4 is 17.8 Å². The minimum absolute atomic E-state index is 0.131. The normalized spacial score (nSPS) is 20.2. The van der Waals surface area contributed by atoms with Crippen LogP contribution in [0.5, 0.6) is 0 Å². The van der Waals surface area contributed by atoms with Crippen LogP contribution in [0.4, 0.5) is 0 Å². The molecule has 164 valence electrons. The number of likely N-dealkylation sites (tertiary alicyclic amines) is 2. The molecular weight excluding hydrogens is 378 g/mol. The highest BCUT2D eigenvalue weighted by Crippen LogP contribution is 2.20. The molecule has 0 aromatic heterocycles. The number of amides is 2. The summed E-state index contributed by atoms with van der Waals surface area (Å²) in [5, 5.41) is 3.37. The molecule has 0 radical (unpaired) electrons. The average Bonchev–Trinajstić information content (AvgIpc) is 2.77. The monoisotopic (exact) mass is 413 g/mol. The number of piperidine rings is 2. The summed E-state index contributed by atoms with van der Waals surface area (Å²) in [6, 6.07) is 7.82. The average molecular weight is 414 g/mol. The van der Waals surface area contributed by atoms with Crippen molar-refractivity contribution in [2.45, 2.75) is 52.0 Å². The maximum atomic E-state index is 12.6. The van der Waals surface area contributed by atoms with Gasteiger partial charge in [0.25, 0.3) is 5.91 Å². The number of nitrogens with one attached hydrogen (secondary N) is 1. The molecule has 2 heterocycles. The van der Waals surface area contributed by atoms with E-state index in [-0.39, 0.29) is 11.8 Å². The molecule has 1 aromatic carbocycles. The molecule has 2 aliphatic rings. The molecule has 2 aliphatic heterocycles. The molecule has 2 fully saturated rings. The zero-order valence-corrected chi connectivity index (χ0v) is 18.1. The lowest BCUT2D eigenvalue weighted by Crippen LogP contribution is -2.47. The van der Waals surface area contributed by atoms with Crippen molar-refractivity contribution in [3.63, 3.8) is 0 Å². The number of hydrogen-bond donors (Lipinski definition) is 2. The van der Waals surface area contributed by atoms with E-state index in [1.54, 1.807) is 0 Å². The van der Waals surface area contributed by atoms with E-state index in [1.807, 2.05) is 29.2 Å². The molecule has 3 N–H and O–H groups in total. The number of primary amides is 1. The van der Waals surface area contributed by atoms with Crippen molar-refractivity contribution in [1.82, 2.24) is 15.1 Å². The van der Waals surface area contributed by atoms with Gasteiger partial charge in [0.2, 0.25) is 5.91 Å². The minimum Gasteiger partial charge on any atom is -0.370 e. The summed E-state index contributed by atoms with van der Waals surface area (Å²) in [5.74, 6) is 1.07. The van der Waals surface area contributed by atoms with Gasteiger partial charge in [-0.25, -0.2) is 4.99 Å². The van der Waals surface area contributed by atoms with Crippen LogP contribution in [0.1, 0.15) is 61.4 Å². The minimum atomic E-state index is -0.233. The van der Waals surface area contributed by atoms with E-state index in [2.05, 4.69) is 17.1 Å². The summed E-state index contributed by atoms with van der Waals surface area (Å²) in [5.41, 5.74) is 7.22. The largest absolute Gasteiger partial charge is 0.370 e. The van der Waals surface area contributed by atoms with Gasteiger partial charge >= 0.3 is 0 Å². The van der Waals surface area contributed by atoms with Crippen LogP contribution >= 0.6 is 0 Å². The van der Waals surface area contributed by atoms with E-state index < -0.39 is 0 Å². The molecule has 0 spiro atoms.